The number of fused-ring (bicyclic) bond motifs is 1. The van der Waals surface area contributed by atoms with E-state index in [0.29, 0.717) is 24.2 Å². The first-order valence-electron chi connectivity index (χ1n) is 20.0. The van der Waals surface area contributed by atoms with E-state index in [0.717, 1.165) is 51.4 Å². The second kappa shape index (κ2) is 22.5. The number of unbranched alkanes of at least 4 members (excludes halogenated alkanes) is 14. The minimum absolute atomic E-state index is 0.158. The molecule has 6 N–H and O–H groups in total. The molecule has 2 aromatic rings. The maximum absolute atomic E-state index is 14.0. The Morgan fingerprint density at radius 3 is 1.25 bits per heavy atom. The van der Waals surface area contributed by atoms with Crippen molar-refractivity contribution in [3.63, 3.8) is 0 Å². The van der Waals surface area contributed by atoms with Gasteiger partial charge in [0.15, 0.2) is 12.6 Å². The van der Waals surface area contributed by atoms with Gasteiger partial charge in [-0.25, -0.2) is 4.79 Å². The highest BCUT2D eigenvalue weighted by Crippen LogP contribution is 2.27. The van der Waals surface area contributed by atoms with Crippen LogP contribution in [0.15, 0.2) is 29.1 Å². The normalized spacial score (nSPS) is 29.6. The van der Waals surface area contributed by atoms with Gasteiger partial charge in [0.05, 0.1) is 24.1 Å². The highest BCUT2D eigenvalue weighted by atomic mass is 16.7. The van der Waals surface area contributed by atoms with E-state index in [2.05, 4.69) is 13.8 Å². The Morgan fingerprint density at radius 1 is 0.538 bits per heavy atom. The molecular formula is C39H66N2O11. The van der Waals surface area contributed by atoms with Crippen molar-refractivity contribution in [2.24, 2.45) is 0 Å². The fourth-order valence-electron chi connectivity index (χ4n) is 7.42. The lowest BCUT2D eigenvalue weighted by atomic mass is 9.98. The Morgan fingerprint density at radius 2 is 0.885 bits per heavy atom. The summed E-state index contributed by atoms with van der Waals surface area (Å²) in [6.45, 7) is 4.68. The number of hydrogen-bond donors (Lipinski definition) is 6. The smallest absolute Gasteiger partial charge is 0.329 e. The van der Waals surface area contributed by atoms with Crippen LogP contribution in [0.5, 0.6) is 0 Å². The van der Waals surface area contributed by atoms with Gasteiger partial charge in [0.2, 0.25) is 0 Å². The number of imidazole rings is 1. The molecule has 2 unspecified atom stereocenters. The van der Waals surface area contributed by atoms with Crippen molar-refractivity contribution in [2.45, 2.75) is 191 Å². The van der Waals surface area contributed by atoms with Gasteiger partial charge < -0.3 is 49.6 Å². The van der Waals surface area contributed by atoms with Gasteiger partial charge in [-0.3, -0.25) is 9.13 Å². The van der Waals surface area contributed by atoms with E-state index in [1.54, 1.807) is 24.3 Å². The zero-order chi connectivity index (χ0) is 37.5. The molecule has 3 heterocycles. The Bertz CT molecular complexity index is 1240. The second-order valence-electron chi connectivity index (χ2n) is 14.7. The van der Waals surface area contributed by atoms with Gasteiger partial charge in [-0.05, 0) is 25.0 Å². The monoisotopic (exact) mass is 738 g/mol. The predicted molar refractivity (Wildman–Crippen MR) is 197 cm³/mol. The number of ether oxygens (including phenoxy) is 4. The standard InChI is InChI=1S/C39H66N2O11/c1-3-5-7-9-11-13-15-19-23-49-35-31(42)29(51-37(46)33(35)44)25-40-27-21-17-18-22-28(27)41(39(40)48)26-30-32(43)36(34(45)38(47)52-30)50-24-20-16-14-12-10-8-6-4-2/h17-18,21-22,29-38,42-47H,3-16,19-20,23-26H2,1-2H3/t29-,30-,31-,32-,33-,34-,35+,36+,37?,38?/m1/s1. The summed E-state index contributed by atoms with van der Waals surface area (Å²) in [6.07, 6.45) is 4.53. The van der Waals surface area contributed by atoms with Gasteiger partial charge in [0, 0.05) is 13.2 Å². The lowest BCUT2D eigenvalue weighted by molar-refractivity contribution is -0.292. The first kappa shape index (κ1) is 42.8. The van der Waals surface area contributed by atoms with Crippen LogP contribution in [0.4, 0.5) is 0 Å². The third kappa shape index (κ3) is 11.8. The van der Waals surface area contributed by atoms with Crippen LogP contribution in [0.1, 0.15) is 117 Å². The minimum atomic E-state index is -1.62. The Labute approximate surface area is 308 Å². The molecule has 2 aliphatic rings. The molecule has 52 heavy (non-hydrogen) atoms. The van der Waals surface area contributed by atoms with Crippen LogP contribution in [-0.4, -0.2) is 114 Å². The van der Waals surface area contributed by atoms with E-state index < -0.39 is 67.1 Å². The summed E-state index contributed by atoms with van der Waals surface area (Å²) in [5, 5.41) is 64.8. The number of aliphatic hydroxyl groups is 6. The summed E-state index contributed by atoms with van der Waals surface area (Å²) in [5.41, 5.74) is 0.518. The van der Waals surface area contributed by atoms with E-state index in [4.69, 9.17) is 18.9 Å². The molecule has 0 saturated carbocycles. The molecule has 13 heteroatoms. The molecule has 0 spiro atoms. The zero-order valence-electron chi connectivity index (χ0n) is 31.3. The van der Waals surface area contributed by atoms with Gasteiger partial charge in [-0.15, -0.1) is 0 Å². The van der Waals surface area contributed by atoms with Crippen LogP contribution in [0, 0.1) is 0 Å². The quantitative estimate of drug-likeness (QED) is 0.0863. The van der Waals surface area contributed by atoms with Gasteiger partial charge in [0.25, 0.3) is 0 Å². The topological polar surface area (TPSA) is 185 Å². The first-order valence-corrected chi connectivity index (χ1v) is 20.0. The van der Waals surface area contributed by atoms with Gasteiger partial charge in [-0.1, -0.05) is 116 Å². The van der Waals surface area contributed by atoms with Crippen molar-refractivity contribution < 1.29 is 49.6 Å². The van der Waals surface area contributed by atoms with Crippen LogP contribution >= 0.6 is 0 Å². The zero-order valence-corrected chi connectivity index (χ0v) is 31.3. The molecule has 2 fully saturated rings. The first-order chi connectivity index (χ1) is 25.2. The second-order valence-corrected chi connectivity index (χ2v) is 14.7. The fourth-order valence-corrected chi connectivity index (χ4v) is 7.42. The molecule has 13 nitrogen and oxygen atoms in total. The lowest BCUT2D eigenvalue weighted by Gasteiger charge is -2.40. The molecule has 0 bridgehead atoms. The van der Waals surface area contributed by atoms with Crippen molar-refractivity contribution in [3.8, 4) is 0 Å². The maximum Gasteiger partial charge on any atom is 0.329 e. The molecule has 0 aliphatic carbocycles. The molecule has 2 aliphatic heterocycles. The van der Waals surface area contributed by atoms with E-state index in [1.807, 2.05) is 0 Å². The number of aromatic nitrogens is 2. The Hall–Kier alpha value is -1.91. The molecule has 10 atom stereocenters. The summed E-state index contributed by atoms with van der Waals surface area (Å²) in [4.78, 5) is 14.0. The molecule has 1 aromatic carbocycles. The molecule has 0 amide bonds. The average molecular weight is 739 g/mol. The largest absolute Gasteiger partial charge is 0.388 e. The summed E-state index contributed by atoms with van der Waals surface area (Å²) >= 11 is 0. The molecule has 0 radical (unpaired) electrons. The number of aliphatic hydroxyl groups excluding tert-OH is 6. The molecular weight excluding hydrogens is 672 g/mol. The van der Waals surface area contributed by atoms with Crippen molar-refractivity contribution in [3.05, 3.63) is 34.7 Å². The summed E-state index contributed by atoms with van der Waals surface area (Å²) in [5.74, 6) is 0. The SMILES string of the molecule is CCCCCCCCCCO[C@H]1[C@H](O)[C@@H](Cn2c(=O)n(C[C@H]3OC(O)[C@H](O)[C@@H](OCCCCCCCCCC)[C@@H]3O)c3ccccc32)OC(O)[C@@H]1O. The van der Waals surface area contributed by atoms with Crippen LogP contribution in [0.3, 0.4) is 0 Å². The van der Waals surface area contributed by atoms with Crippen LogP contribution in [0.2, 0.25) is 0 Å². The minimum Gasteiger partial charge on any atom is -0.388 e. The van der Waals surface area contributed by atoms with Gasteiger partial charge in [0.1, 0.15) is 48.8 Å². The highest BCUT2D eigenvalue weighted by Gasteiger charge is 2.46. The van der Waals surface area contributed by atoms with Crippen molar-refractivity contribution in [1.82, 2.24) is 9.13 Å². The number of nitrogens with zero attached hydrogens (tertiary/aromatic N) is 2. The average Bonchev–Trinajstić information content (AvgIpc) is 3.39. The predicted octanol–water partition coefficient (Wildman–Crippen LogP) is 3.73. The summed E-state index contributed by atoms with van der Waals surface area (Å²) < 4.78 is 25.8. The van der Waals surface area contributed by atoms with E-state index in [1.165, 1.54) is 60.5 Å². The van der Waals surface area contributed by atoms with E-state index in [9.17, 15) is 35.4 Å². The number of hydrogen-bond acceptors (Lipinski definition) is 11. The molecule has 4 rings (SSSR count). The summed E-state index contributed by atoms with van der Waals surface area (Å²) in [6, 6.07) is 6.99. The van der Waals surface area contributed by atoms with Gasteiger partial charge in [-0.2, -0.15) is 0 Å². The van der Waals surface area contributed by atoms with Crippen LogP contribution in [-0.2, 0) is 32.0 Å². The lowest BCUT2D eigenvalue weighted by Crippen LogP contribution is -2.60. The number of para-hydroxylation sites is 2. The van der Waals surface area contributed by atoms with Crippen molar-refractivity contribution >= 4 is 11.0 Å². The molecule has 298 valence electrons. The van der Waals surface area contributed by atoms with Crippen molar-refractivity contribution in [2.75, 3.05) is 13.2 Å². The molecule has 2 saturated heterocycles. The van der Waals surface area contributed by atoms with E-state index >= 15 is 0 Å². The van der Waals surface area contributed by atoms with E-state index in [-0.39, 0.29) is 13.1 Å². The molecule has 1 aromatic heterocycles. The number of rotatable bonds is 24. The Balaban J connectivity index is 1.37. The summed E-state index contributed by atoms with van der Waals surface area (Å²) in [7, 11) is 0. The number of benzene rings is 1. The van der Waals surface area contributed by atoms with Crippen LogP contribution in [0.25, 0.3) is 11.0 Å². The highest BCUT2D eigenvalue weighted by molar-refractivity contribution is 5.76. The van der Waals surface area contributed by atoms with Crippen molar-refractivity contribution in [1.29, 1.82) is 0 Å². The third-order valence-corrected chi connectivity index (χ3v) is 10.6. The maximum atomic E-state index is 14.0. The fraction of sp³-hybridized carbons (Fsp3) is 0.821. The van der Waals surface area contributed by atoms with Gasteiger partial charge >= 0.3 is 5.69 Å². The Kier molecular flexibility index (Phi) is 18.5. The van der Waals surface area contributed by atoms with Crippen LogP contribution < -0.4 is 5.69 Å². The third-order valence-electron chi connectivity index (χ3n) is 10.6.